The molecule has 0 aromatic heterocycles. The van der Waals surface area contributed by atoms with Gasteiger partial charge in [0.15, 0.2) is 5.84 Å². The van der Waals surface area contributed by atoms with Gasteiger partial charge in [-0.1, -0.05) is 11.2 Å². The van der Waals surface area contributed by atoms with E-state index in [4.69, 9.17) is 20.4 Å². The maximum absolute atomic E-state index is 8.81. The molecule has 1 aromatic rings. The van der Waals surface area contributed by atoms with E-state index in [0.29, 0.717) is 11.3 Å². The Balaban J connectivity index is 2.76. The van der Waals surface area contributed by atoms with Crippen LogP contribution in [0.3, 0.4) is 0 Å². The minimum Gasteiger partial charge on any atom is -0.496 e. The minimum atomic E-state index is 0.0470. The molecule has 20 heavy (non-hydrogen) atoms. The fourth-order valence-corrected chi connectivity index (χ4v) is 1.98. The molecule has 0 radical (unpaired) electrons. The van der Waals surface area contributed by atoms with Gasteiger partial charge in [-0.05, 0) is 31.2 Å². The Bertz CT molecular complexity index is 449. The molecule has 0 saturated carbocycles. The normalized spacial score (nSPS) is 11.9. The highest BCUT2D eigenvalue weighted by molar-refractivity contribution is 5.99. The molecule has 0 amide bonds. The summed E-state index contributed by atoms with van der Waals surface area (Å²) in [5, 5.41) is 11.8. The van der Waals surface area contributed by atoms with E-state index in [9.17, 15) is 0 Å². The van der Waals surface area contributed by atoms with Gasteiger partial charge in [-0.15, -0.1) is 0 Å². The van der Waals surface area contributed by atoms with Crippen molar-refractivity contribution in [2.45, 2.75) is 13.0 Å². The van der Waals surface area contributed by atoms with Crippen molar-refractivity contribution in [1.29, 1.82) is 0 Å². The van der Waals surface area contributed by atoms with E-state index >= 15 is 0 Å². The van der Waals surface area contributed by atoms with Crippen LogP contribution < -0.4 is 10.5 Å². The molecule has 6 nitrogen and oxygen atoms in total. The summed E-state index contributed by atoms with van der Waals surface area (Å²) in [5.74, 6) is 0.636. The monoisotopic (exact) mass is 281 g/mol. The lowest BCUT2D eigenvalue weighted by atomic mass is 10.1. The van der Waals surface area contributed by atoms with Crippen molar-refractivity contribution in [3.05, 3.63) is 29.3 Å². The first kappa shape index (κ1) is 16.3. The Hall–Kier alpha value is -1.79. The Morgan fingerprint density at radius 3 is 2.75 bits per heavy atom. The average Bonchev–Trinajstić information content (AvgIpc) is 2.46. The second-order valence-electron chi connectivity index (χ2n) is 4.60. The van der Waals surface area contributed by atoms with Crippen LogP contribution in [0, 0.1) is 0 Å². The summed E-state index contributed by atoms with van der Waals surface area (Å²) in [6.45, 7) is 2.47. The van der Waals surface area contributed by atoms with Gasteiger partial charge in [0.1, 0.15) is 5.75 Å². The molecular weight excluding hydrogens is 258 g/mol. The number of methoxy groups -OCH3 is 2. The number of nitrogens with two attached hydrogens (primary N) is 1. The molecule has 0 spiro atoms. The van der Waals surface area contributed by atoms with Crippen molar-refractivity contribution in [2.24, 2.45) is 10.9 Å². The van der Waals surface area contributed by atoms with Crippen molar-refractivity contribution < 1.29 is 14.7 Å². The number of nitrogens with zero attached hydrogens (tertiary/aromatic N) is 2. The van der Waals surface area contributed by atoms with Crippen LogP contribution in [0.2, 0.25) is 0 Å². The third-order valence-electron chi connectivity index (χ3n) is 2.99. The lowest BCUT2D eigenvalue weighted by Crippen LogP contribution is -2.21. The van der Waals surface area contributed by atoms with E-state index in [0.717, 1.165) is 31.7 Å². The second kappa shape index (κ2) is 8.39. The molecule has 0 atom stereocenters. The maximum Gasteiger partial charge on any atom is 0.173 e. The van der Waals surface area contributed by atoms with Crippen LogP contribution in [0.25, 0.3) is 0 Å². The van der Waals surface area contributed by atoms with Crippen LogP contribution in [0.1, 0.15) is 17.5 Å². The molecule has 3 N–H and O–H groups in total. The van der Waals surface area contributed by atoms with Gasteiger partial charge in [-0.2, -0.15) is 0 Å². The number of oxime groups is 1. The van der Waals surface area contributed by atoms with Gasteiger partial charge in [0.2, 0.25) is 0 Å². The van der Waals surface area contributed by atoms with Crippen molar-refractivity contribution in [3.63, 3.8) is 0 Å². The Labute approximate surface area is 119 Å². The highest BCUT2D eigenvalue weighted by Gasteiger charge is 2.10. The maximum atomic E-state index is 8.81. The molecule has 1 aromatic carbocycles. The second-order valence-corrected chi connectivity index (χ2v) is 4.60. The fourth-order valence-electron chi connectivity index (χ4n) is 1.98. The third-order valence-corrected chi connectivity index (χ3v) is 2.99. The summed E-state index contributed by atoms with van der Waals surface area (Å²) in [5.41, 5.74) is 7.33. The van der Waals surface area contributed by atoms with Crippen molar-refractivity contribution in [3.8, 4) is 5.75 Å². The Kier molecular flexibility index (Phi) is 6.83. The summed E-state index contributed by atoms with van der Waals surface area (Å²) in [6, 6.07) is 5.67. The van der Waals surface area contributed by atoms with Crippen molar-refractivity contribution in [2.75, 3.05) is 34.4 Å². The topological polar surface area (TPSA) is 80.3 Å². The van der Waals surface area contributed by atoms with Crippen LogP contribution in [-0.4, -0.2) is 50.4 Å². The van der Waals surface area contributed by atoms with Gasteiger partial charge in [0.05, 0.1) is 12.7 Å². The van der Waals surface area contributed by atoms with E-state index in [1.165, 1.54) is 0 Å². The van der Waals surface area contributed by atoms with Crippen LogP contribution >= 0.6 is 0 Å². The summed E-state index contributed by atoms with van der Waals surface area (Å²) in [7, 11) is 5.30. The Morgan fingerprint density at radius 2 is 2.15 bits per heavy atom. The highest BCUT2D eigenvalue weighted by Crippen LogP contribution is 2.20. The lowest BCUT2D eigenvalue weighted by Gasteiger charge is -2.17. The zero-order valence-electron chi connectivity index (χ0n) is 12.3. The molecule has 0 fully saturated rings. The molecule has 0 bridgehead atoms. The van der Waals surface area contributed by atoms with Crippen molar-refractivity contribution >= 4 is 5.84 Å². The first-order valence-corrected chi connectivity index (χ1v) is 6.44. The predicted octanol–water partition coefficient (Wildman–Crippen LogP) is 1.26. The number of ether oxygens (including phenoxy) is 2. The van der Waals surface area contributed by atoms with E-state index in [-0.39, 0.29) is 5.84 Å². The number of hydrogen-bond donors (Lipinski definition) is 2. The lowest BCUT2D eigenvalue weighted by molar-refractivity contribution is 0.178. The smallest absolute Gasteiger partial charge is 0.173 e. The standard InChI is InChI=1S/C14H23N3O3/c1-17(7-4-8-19-2)10-11-5-6-13(20-3)12(9-11)14(15)16-18/h5-6,9,18H,4,7-8,10H2,1-3H3,(H2,15,16). The summed E-state index contributed by atoms with van der Waals surface area (Å²) in [4.78, 5) is 2.19. The summed E-state index contributed by atoms with van der Waals surface area (Å²) >= 11 is 0. The average molecular weight is 281 g/mol. The molecular formula is C14H23N3O3. The number of hydrogen-bond acceptors (Lipinski definition) is 5. The quantitative estimate of drug-likeness (QED) is 0.246. The van der Waals surface area contributed by atoms with E-state index < -0.39 is 0 Å². The van der Waals surface area contributed by atoms with Crippen LogP contribution in [0.15, 0.2) is 23.4 Å². The number of amidine groups is 1. The van der Waals surface area contributed by atoms with Gasteiger partial charge in [-0.3, -0.25) is 0 Å². The molecule has 0 unspecified atom stereocenters. The van der Waals surface area contributed by atoms with Gasteiger partial charge in [0, 0.05) is 26.8 Å². The van der Waals surface area contributed by atoms with E-state index in [1.807, 2.05) is 25.2 Å². The van der Waals surface area contributed by atoms with E-state index in [1.54, 1.807) is 14.2 Å². The Morgan fingerprint density at radius 1 is 1.40 bits per heavy atom. The molecule has 1 rings (SSSR count). The zero-order chi connectivity index (χ0) is 15.0. The first-order chi connectivity index (χ1) is 9.62. The molecule has 0 saturated heterocycles. The third kappa shape index (κ3) is 4.71. The van der Waals surface area contributed by atoms with Gasteiger partial charge in [-0.25, -0.2) is 0 Å². The predicted molar refractivity (Wildman–Crippen MR) is 78.3 cm³/mol. The van der Waals surface area contributed by atoms with Crippen molar-refractivity contribution in [1.82, 2.24) is 4.90 Å². The molecule has 6 heteroatoms. The fraction of sp³-hybridized carbons (Fsp3) is 0.500. The molecule has 0 aliphatic carbocycles. The van der Waals surface area contributed by atoms with Crippen LogP contribution in [0.4, 0.5) is 0 Å². The minimum absolute atomic E-state index is 0.0470. The number of rotatable bonds is 8. The molecule has 0 heterocycles. The highest BCUT2D eigenvalue weighted by atomic mass is 16.5. The van der Waals surface area contributed by atoms with E-state index in [2.05, 4.69) is 10.1 Å². The summed E-state index contributed by atoms with van der Waals surface area (Å²) in [6.07, 6.45) is 0.982. The van der Waals surface area contributed by atoms with Gasteiger partial charge >= 0.3 is 0 Å². The molecule has 112 valence electrons. The van der Waals surface area contributed by atoms with Gasteiger partial charge in [0.25, 0.3) is 0 Å². The first-order valence-electron chi connectivity index (χ1n) is 6.44. The van der Waals surface area contributed by atoms with Crippen LogP contribution in [-0.2, 0) is 11.3 Å². The number of benzene rings is 1. The molecule has 0 aliphatic rings. The van der Waals surface area contributed by atoms with Crippen LogP contribution in [0.5, 0.6) is 5.75 Å². The zero-order valence-corrected chi connectivity index (χ0v) is 12.3. The largest absolute Gasteiger partial charge is 0.496 e. The molecule has 0 aliphatic heterocycles. The summed E-state index contributed by atoms with van der Waals surface area (Å²) < 4.78 is 10.2. The van der Waals surface area contributed by atoms with Gasteiger partial charge < -0.3 is 25.3 Å². The SMILES string of the molecule is COCCCN(C)Cc1ccc(OC)c(C(N)=NO)c1.